The Balaban J connectivity index is 0.00000169. The summed E-state index contributed by atoms with van der Waals surface area (Å²) in [5.41, 5.74) is 0.436. The molecule has 14 heavy (non-hydrogen) atoms. The Morgan fingerprint density at radius 3 is 2.50 bits per heavy atom. The molecule has 0 aliphatic heterocycles. The van der Waals surface area contributed by atoms with Gasteiger partial charge in [-0.2, -0.15) is 0 Å². The minimum absolute atomic E-state index is 0. The summed E-state index contributed by atoms with van der Waals surface area (Å²) in [7, 11) is 1.35. The molecule has 0 fully saturated rings. The first-order valence-electron chi connectivity index (χ1n) is 3.65. The normalized spacial score (nSPS) is 9.00. The van der Waals surface area contributed by atoms with Gasteiger partial charge in [0.15, 0.2) is 11.5 Å². The number of carboxylic acid groups (broad SMARTS) is 1. The van der Waals surface area contributed by atoms with E-state index in [0.29, 0.717) is 5.56 Å². The van der Waals surface area contributed by atoms with Crippen LogP contribution in [0.15, 0.2) is 12.1 Å². The predicted molar refractivity (Wildman–Crippen MR) is 43.7 cm³/mol. The fraction of sp³-hybridized carbons (Fsp3) is 0.222. The molecule has 0 atom stereocenters. The van der Waals surface area contributed by atoms with E-state index in [0.717, 1.165) is 0 Å². The van der Waals surface area contributed by atoms with Gasteiger partial charge in [-0.3, -0.25) is 0 Å². The molecule has 0 spiro atoms. The van der Waals surface area contributed by atoms with Crippen LogP contribution in [0.1, 0.15) is 15.9 Å². The number of benzene rings is 1. The van der Waals surface area contributed by atoms with E-state index in [4.69, 9.17) is 4.74 Å². The molecule has 0 bridgehead atoms. The number of carbonyl (C=O) groups is 1. The number of carboxylic acids is 1. The van der Waals surface area contributed by atoms with Crippen LogP contribution in [0, 0.1) is 6.92 Å². The Labute approximate surface area is 104 Å². The van der Waals surface area contributed by atoms with Crippen LogP contribution >= 0.6 is 0 Å². The van der Waals surface area contributed by atoms with Crippen molar-refractivity contribution in [1.82, 2.24) is 0 Å². The van der Waals surface area contributed by atoms with E-state index < -0.39 is 11.7 Å². The molecule has 0 heterocycles. The monoisotopic (exact) mass is 204 g/mol. The maximum Gasteiger partial charge on any atom is 1.00 e. The third-order valence-electron chi connectivity index (χ3n) is 1.66. The summed E-state index contributed by atoms with van der Waals surface area (Å²) < 4.78 is 4.78. The summed E-state index contributed by atoms with van der Waals surface area (Å²) in [6.07, 6.45) is 0. The van der Waals surface area contributed by atoms with Gasteiger partial charge < -0.3 is 19.7 Å². The van der Waals surface area contributed by atoms with Crippen molar-refractivity contribution in [2.24, 2.45) is 0 Å². The van der Waals surface area contributed by atoms with Gasteiger partial charge in [0.25, 0.3) is 0 Å². The number of hydrogen-bond acceptors (Lipinski definition) is 4. The number of carbonyl (C=O) groups excluding carboxylic acids is 1. The summed E-state index contributed by atoms with van der Waals surface area (Å²) >= 11 is 0. The number of phenols is 1. The van der Waals surface area contributed by atoms with Crippen LogP contribution < -0.4 is 39.4 Å². The van der Waals surface area contributed by atoms with E-state index in [2.05, 4.69) is 0 Å². The van der Waals surface area contributed by atoms with Crippen molar-refractivity contribution < 1.29 is 49.3 Å². The molecular weight excluding hydrogens is 195 g/mol. The molecule has 4 nitrogen and oxygen atoms in total. The quantitative estimate of drug-likeness (QED) is 0.524. The van der Waals surface area contributed by atoms with Gasteiger partial charge in [-0.05, 0) is 24.6 Å². The van der Waals surface area contributed by atoms with Gasteiger partial charge in [-0.1, -0.05) is 0 Å². The third-order valence-corrected chi connectivity index (χ3v) is 1.66. The first-order chi connectivity index (χ1) is 6.06. The summed E-state index contributed by atoms with van der Waals surface area (Å²) in [5, 5.41) is 19.9. The zero-order valence-electron chi connectivity index (χ0n) is 8.33. The molecule has 0 unspecified atom stereocenters. The average Bonchev–Trinajstić information content (AvgIpc) is 2.08. The van der Waals surface area contributed by atoms with Crippen molar-refractivity contribution in [3.8, 4) is 11.5 Å². The number of ether oxygens (including phenoxy) is 1. The van der Waals surface area contributed by atoms with Crippen molar-refractivity contribution in [2.75, 3.05) is 7.11 Å². The Morgan fingerprint density at radius 2 is 2.07 bits per heavy atom. The summed E-state index contributed by atoms with van der Waals surface area (Å²) in [6.45, 7) is 1.70. The molecule has 0 amide bonds. The molecule has 1 rings (SSSR count). The summed E-state index contributed by atoms with van der Waals surface area (Å²) in [5.74, 6) is -1.67. The van der Waals surface area contributed by atoms with E-state index in [-0.39, 0.29) is 40.9 Å². The fourth-order valence-electron chi connectivity index (χ4n) is 1.06. The molecule has 1 aromatic carbocycles. The molecule has 0 aliphatic rings. The van der Waals surface area contributed by atoms with Crippen LogP contribution in [0.3, 0.4) is 0 Å². The van der Waals surface area contributed by atoms with E-state index in [1.54, 1.807) is 13.0 Å². The minimum Gasteiger partial charge on any atom is -0.545 e. The van der Waals surface area contributed by atoms with Crippen molar-refractivity contribution in [2.45, 2.75) is 6.92 Å². The molecule has 70 valence electrons. The zero-order chi connectivity index (χ0) is 10.0. The molecule has 1 aromatic rings. The van der Waals surface area contributed by atoms with E-state index in [1.165, 1.54) is 13.2 Å². The maximum atomic E-state index is 10.5. The smallest absolute Gasteiger partial charge is 0.545 e. The van der Waals surface area contributed by atoms with E-state index in [1.807, 2.05) is 0 Å². The van der Waals surface area contributed by atoms with Crippen molar-refractivity contribution in [3.05, 3.63) is 23.3 Å². The second-order valence-electron chi connectivity index (χ2n) is 2.65. The Morgan fingerprint density at radius 1 is 1.50 bits per heavy atom. The number of aryl methyl sites for hydroxylation is 1. The van der Waals surface area contributed by atoms with Gasteiger partial charge >= 0.3 is 29.6 Å². The fourth-order valence-corrected chi connectivity index (χ4v) is 1.06. The van der Waals surface area contributed by atoms with Gasteiger partial charge in [0, 0.05) is 5.56 Å². The number of methoxy groups -OCH3 is 1. The molecule has 0 aliphatic carbocycles. The molecule has 0 aromatic heterocycles. The standard InChI is InChI=1S/C9H10O4.Na/c1-5-3-6(9(11)12)8(10)7(4-5)13-2;/h3-4,10H,1-2H3,(H,11,12);/q;+1/p-1. The number of hydrogen-bond donors (Lipinski definition) is 1. The summed E-state index contributed by atoms with van der Waals surface area (Å²) in [6, 6.07) is 2.87. The second kappa shape index (κ2) is 5.24. The first-order valence-corrected chi connectivity index (χ1v) is 3.65. The van der Waals surface area contributed by atoms with Gasteiger partial charge in [0.1, 0.15) is 0 Å². The van der Waals surface area contributed by atoms with Crippen molar-refractivity contribution in [3.63, 3.8) is 0 Å². The van der Waals surface area contributed by atoms with Crippen LogP contribution in [0.5, 0.6) is 11.5 Å². The number of aromatic hydroxyl groups is 1. The molecule has 1 N–H and O–H groups in total. The summed E-state index contributed by atoms with van der Waals surface area (Å²) in [4.78, 5) is 10.5. The Bertz CT molecular complexity index is 349. The SMILES string of the molecule is COc1cc(C)cc(C(=O)[O-])c1O.[Na+]. The third kappa shape index (κ3) is 2.64. The molecule has 0 saturated carbocycles. The second-order valence-corrected chi connectivity index (χ2v) is 2.65. The minimum atomic E-state index is -1.42. The first kappa shape index (κ1) is 13.3. The molecule has 0 radical (unpaired) electrons. The van der Waals surface area contributed by atoms with Crippen LogP contribution in [0.4, 0.5) is 0 Å². The predicted octanol–water partition coefficient (Wildman–Crippen LogP) is -2.92. The van der Waals surface area contributed by atoms with Crippen molar-refractivity contribution >= 4 is 5.97 Å². The Kier molecular flexibility index (Phi) is 4.97. The van der Waals surface area contributed by atoms with E-state index >= 15 is 0 Å². The molecule has 0 saturated heterocycles. The molecular formula is C9H9NaO4. The maximum absolute atomic E-state index is 10.5. The van der Waals surface area contributed by atoms with Crippen LogP contribution in [0.2, 0.25) is 0 Å². The molecule has 5 heteroatoms. The van der Waals surface area contributed by atoms with Crippen LogP contribution in [0.25, 0.3) is 0 Å². The zero-order valence-corrected chi connectivity index (χ0v) is 10.3. The van der Waals surface area contributed by atoms with Gasteiger partial charge in [-0.15, -0.1) is 0 Å². The Hall–Kier alpha value is -0.710. The average molecular weight is 204 g/mol. The topological polar surface area (TPSA) is 69.6 Å². The van der Waals surface area contributed by atoms with Crippen LogP contribution in [-0.4, -0.2) is 18.2 Å². The number of aromatic carboxylic acids is 1. The van der Waals surface area contributed by atoms with Crippen LogP contribution in [-0.2, 0) is 0 Å². The van der Waals surface area contributed by atoms with Gasteiger partial charge in [0.05, 0.1) is 13.1 Å². The van der Waals surface area contributed by atoms with Gasteiger partial charge in [0.2, 0.25) is 0 Å². The van der Waals surface area contributed by atoms with E-state index in [9.17, 15) is 15.0 Å². The largest absolute Gasteiger partial charge is 1.00 e. The number of rotatable bonds is 2. The van der Waals surface area contributed by atoms with Crippen molar-refractivity contribution in [1.29, 1.82) is 0 Å². The van der Waals surface area contributed by atoms with Gasteiger partial charge in [-0.25, -0.2) is 0 Å².